The first-order valence-corrected chi connectivity index (χ1v) is 11.4. The SMILES string of the molecule is CCCCC=CC=CC=CCCCCCCCC(=O)OCCCCCCC. The van der Waals surface area contributed by atoms with Crippen LogP contribution in [0.15, 0.2) is 36.5 Å². The summed E-state index contributed by atoms with van der Waals surface area (Å²) < 4.78 is 5.28. The van der Waals surface area contributed by atoms with Crippen molar-refractivity contribution >= 4 is 5.97 Å². The molecule has 0 rings (SSSR count). The molecular formula is C25H44O2. The molecule has 0 aromatic carbocycles. The Kier molecular flexibility index (Phi) is 21.6. The number of ether oxygens (including phenoxy) is 1. The van der Waals surface area contributed by atoms with Crippen LogP contribution in [0, 0.1) is 0 Å². The lowest BCUT2D eigenvalue weighted by molar-refractivity contribution is -0.143. The molecule has 0 aromatic heterocycles. The standard InChI is InChI=1S/C25H44O2/c1-3-5-7-9-10-11-12-13-14-15-16-17-18-19-21-23-25(26)27-24-22-20-8-6-4-2/h9-14H,3-8,15-24H2,1-2H3. The molecule has 0 saturated heterocycles. The second kappa shape index (κ2) is 22.7. The van der Waals surface area contributed by atoms with E-state index in [-0.39, 0.29) is 5.97 Å². The van der Waals surface area contributed by atoms with E-state index in [1.807, 2.05) is 0 Å². The molecule has 0 heterocycles. The lowest BCUT2D eigenvalue weighted by Gasteiger charge is -2.04. The summed E-state index contributed by atoms with van der Waals surface area (Å²) in [6.07, 6.45) is 30.2. The molecule has 0 fully saturated rings. The van der Waals surface area contributed by atoms with Crippen molar-refractivity contribution in [3.05, 3.63) is 36.5 Å². The summed E-state index contributed by atoms with van der Waals surface area (Å²) in [6, 6.07) is 0. The Morgan fingerprint density at radius 2 is 1.19 bits per heavy atom. The zero-order valence-corrected chi connectivity index (χ0v) is 18.1. The summed E-state index contributed by atoms with van der Waals surface area (Å²) in [5.41, 5.74) is 0. The van der Waals surface area contributed by atoms with E-state index >= 15 is 0 Å². The smallest absolute Gasteiger partial charge is 0.305 e. The largest absolute Gasteiger partial charge is 0.466 e. The second-order valence-electron chi connectivity index (χ2n) is 7.32. The third-order valence-corrected chi connectivity index (χ3v) is 4.59. The van der Waals surface area contributed by atoms with E-state index in [2.05, 4.69) is 50.3 Å². The Morgan fingerprint density at radius 1 is 0.630 bits per heavy atom. The van der Waals surface area contributed by atoms with Crippen molar-refractivity contribution in [1.29, 1.82) is 0 Å². The molecule has 0 amide bonds. The lowest BCUT2D eigenvalue weighted by atomic mass is 10.1. The van der Waals surface area contributed by atoms with Crippen LogP contribution in [0.5, 0.6) is 0 Å². The number of unbranched alkanes of at least 4 members (excludes halogenated alkanes) is 11. The Hall–Kier alpha value is -1.31. The Bertz CT molecular complexity index is 393. The van der Waals surface area contributed by atoms with E-state index < -0.39 is 0 Å². The highest BCUT2D eigenvalue weighted by Gasteiger charge is 2.02. The highest BCUT2D eigenvalue weighted by atomic mass is 16.5. The summed E-state index contributed by atoms with van der Waals surface area (Å²) in [4.78, 5) is 11.6. The molecule has 156 valence electrons. The van der Waals surface area contributed by atoms with Crippen molar-refractivity contribution in [2.24, 2.45) is 0 Å². The van der Waals surface area contributed by atoms with E-state index in [9.17, 15) is 4.79 Å². The van der Waals surface area contributed by atoms with Gasteiger partial charge in [0, 0.05) is 6.42 Å². The topological polar surface area (TPSA) is 26.3 Å². The molecule has 0 N–H and O–H groups in total. The number of hydrogen-bond donors (Lipinski definition) is 0. The fourth-order valence-corrected chi connectivity index (χ4v) is 2.83. The number of carbonyl (C=O) groups excluding carboxylic acids is 1. The summed E-state index contributed by atoms with van der Waals surface area (Å²) in [6.45, 7) is 5.04. The highest BCUT2D eigenvalue weighted by molar-refractivity contribution is 5.69. The molecule has 0 unspecified atom stereocenters. The Balaban J connectivity index is 3.32. The van der Waals surface area contributed by atoms with Crippen LogP contribution in [0.1, 0.15) is 110 Å². The molecule has 2 heteroatoms. The molecule has 0 aliphatic rings. The zero-order chi connectivity index (χ0) is 19.8. The summed E-state index contributed by atoms with van der Waals surface area (Å²) >= 11 is 0. The van der Waals surface area contributed by atoms with Gasteiger partial charge in [0.05, 0.1) is 6.61 Å². The molecule has 0 aliphatic heterocycles. The minimum Gasteiger partial charge on any atom is -0.466 e. The molecule has 0 radical (unpaired) electrons. The fourth-order valence-electron chi connectivity index (χ4n) is 2.83. The number of esters is 1. The highest BCUT2D eigenvalue weighted by Crippen LogP contribution is 2.09. The van der Waals surface area contributed by atoms with Gasteiger partial charge in [-0.15, -0.1) is 0 Å². The maximum atomic E-state index is 11.6. The van der Waals surface area contributed by atoms with Gasteiger partial charge >= 0.3 is 5.97 Å². The van der Waals surface area contributed by atoms with Crippen molar-refractivity contribution in [3.63, 3.8) is 0 Å². The maximum absolute atomic E-state index is 11.6. The second-order valence-corrected chi connectivity index (χ2v) is 7.32. The van der Waals surface area contributed by atoms with Gasteiger partial charge in [0.2, 0.25) is 0 Å². The van der Waals surface area contributed by atoms with Crippen molar-refractivity contribution < 1.29 is 9.53 Å². The molecule has 0 saturated carbocycles. The summed E-state index contributed by atoms with van der Waals surface area (Å²) in [5.74, 6) is -0.0102. The lowest BCUT2D eigenvalue weighted by Crippen LogP contribution is -2.05. The molecule has 0 aliphatic carbocycles. The van der Waals surface area contributed by atoms with Gasteiger partial charge in [-0.1, -0.05) is 108 Å². The molecule has 0 bridgehead atoms. The van der Waals surface area contributed by atoms with Crippen LogP contribution < -0.4 is 0 Å². The normalized spacial score (nSPS) is 11.9. The predicted molar refractivity (Wildman–Crippen MR) is 119 cm³/mol. The Labute approximate surface area is 169 Å². The van der Waals surface area contributed by atoms with E-state index in [4.69, 9.17) is 4.74 Å². The first kappa shape index (κ1) is 25.7. The van der Waals surface area contributed by atoms with E-state index in [1.54, 1.807) is 0 Å². The maximum Gasteiger partial charge on any atom is 0.305 e. The van der Waals surface area contributed by atoms with Crippen molar-refractivity contribution in [2.45, 2.75) is 110 Å². The van der Waals surface area contributed by atoms with Gasteiger partial charge in [-0.3, -0.25) is 4.79 Å². The first-order valence-electron chi connectivity index (χ1n) is 11.4. The van der Waals surface area contributed by atoms with Crippen molar-refractivity contribution in [1.82, 2.24) is 0 Å². The predicted octanol–water partition coefficient (Wildman–Crippen LogP) is 8.09. The number of carbonyl (C=O) groups is 1. The van der Waals surface area contributed by atoms with Gasteiger partial charge in [-0.05, 0) is 32.1 Å². The Morgan fingerprint density at radius 3 is 1.89 bits per heavy atom. The molecule has 2 nitrogen and oxygen atoms in total. The van der Waals surface area contributed by atoms with Gasteiger partial charge < -0.3 is 4.74 Å². The molecule has 27 heavy (non-hydrogen) atoms. The van der Waals surface area contributed by atoms with Crippen LogP contribution in [-0.2, 0) is 9.53 Å². The molecular weight excluding hydrogens is 332 g/mol. The number of hydrogen-bond acceptors (Lipinski definition) is 2. The van der Waals surface area contributed by atoms with E-state index in [1.165, 1.54) is 64.2 Å². The van der Waals surface area contributed by atoms with Crippen LogP contribution in [0.2, 0.25) is 0 Å². The van der Waals surface area contributed by atoms with Crippen LogP contribution >= 0.6 is 0 Å². The van der Waals surface area contributed by atoms with Crippen LogP contribution in [0.4, 0.5) is 0 Å². The zero-order valence-electron chi connectivity index (χ0n) is 18.1. The molecule has 0 atom stereocenters. The minimum absolute atomic E-state index is 0.0102. The third-order valence-electron chi connectivity index (χ3n) is 4.59. The van der Waals surface area contributed by atoms with Crippen molar-refractivity contribution in [3.8, 4) is 0 Å². The summed E-state index contributed by atoms with van der Waals surface area (Å²) in [5, 5.41) is 0. The van der Waals surface area contributed by atoms with Crippen LogP contribution in [0.25, 0.3) is 0 Å². The quantitative estimate of drug-likeness (QED) is 0.129. The van der Waals surface area contributed by atoms with Crippen molar-refractivity contribution in [2.75, 3.05) is 6.61 Å². The first-order chi connectivity index (χ1) is 13.3. The monoisotopic (exact) mass is 376 g/mol. The minimum atomic E-state index is -0.0102. The van der Waals surface area contributed by atoms with E-state index in [0.29, 0.717) is 13.0 Å². The van der Waals surface area contributed by atoms with Crippen LogP contribution in [0.3, 0.4) is 0 Å². The average Bonchev–Trinajstić information content (AvgIpc) is 2.67. The molecule has 0 spiro atoms. The average molecular weight is 377 g/mol. The van der Waals surface area contributed by atoms with Gasteiger partial charge in [-0.2, -0.15) is 0 Å². The fraction of sp³-hybridized carbons (Fsp3) is 0.720. The number of rotatable bonds is 19. The van der Waals surface area contributed by atoms with E-state index in [0.717, 1.165) is 25.7 Å². The number of allylic oxidation sites excluding steroid dienone is 6. The van der Waals surface area contributed by atoms with Gasteiger partial charge in [0.15, 0.2) is 0 Å². The summed E-state index contributed by atoms with van der Waals surface area (Å²) in [7, 11) is 0. The molecule has 0 aromatic rings. The van der Waals surface area contributed by atoms with Gasteiger partial charge in [0.25, 0.3) is 0 Å². The van der Waals surface area contributed by atoms with Crippen LogP contribution in [-0.4, -0.2) is 12.6 Å². The van der Waals surface area contributed by atoms with Gasteiger partial charge in [0.1, 0.15) is 0 Å². The third kappa shape index (κ3) is 22.6. The van der Waals surface area contributed by atoms with Gasteiger partial charge in [-0.25, -0.2) is 0 Å².